The molecule has 11 heteroatoms. The summed E-state index contributed by atoms with van der Waals surface area (Å²) in [4.78, 5) is 10.6. The lowest BCUT2D eigenvalue weighted by Crippen LogP contribution is -2.53. The van der Waals surface area contributed by atoms with E-state index in [0.717, 1.165) is 0 Å². The van der Waals surface area contributed by atoms with Crippen molar-refractivity contribution in [3.63, 3.8) is 0 Å². The standard InChI is InChI=1S/C23H21ClF2N6O2/c1-3-28-19-9-15(24)5-4-14(19)8-17-13(2)29-22-18(10-27)20(21(25)26)30-32(22)23(17)31-11-16(12-31)34-7-6-33/h3-5,8-9,16,21,33H,1,6-7,11-12H2,2H3/b14-8+,28-19?. The van der Waals surface area contributed by atoms with Crippen molar-refractivity contribution in [2.75, 3.05) is 31.2 Å². The Bertz CT molecular complexity index is 1300. The summed E-state index contributed by atoms with van der Waals surface area (Å²) in [6.07, 6.45) is 5.36. The molecule has 8 nitrogen and oxygen atoms in total. The molecular formula is C23H21ClF2N6O2. The Morgan fingerprint density at radius 2 is 2.21 bits per heavy atom. The molecular weight excluding hydrogens is 466 g/mol. The van der Waals surface area contributed by atoms with Gasteiger partial charge in [-0.2, -0.15) is 14.9 Å². The number of rotatable bonds is 7. The first-order valence-corrected chi connectivity index (χ1v) is 10.8. The summed E-state index contributed by atoms with van der Waals surface area (Å²) in [6.45, 7) is 6.40. The average Bonchev–Trinajstić information content (AvgIpc) is 3.14. The lowest BCUT2D eigenvalue weighted by molar-refractivity contribution is 0.0131. The maximum Gasteiger partial charge on any atom is 0.283 e. The average molecular weight is 487 g/mol. The van der Waals surface area contributed by atoms with Crippen LogP contribution >= 0.6 is 11.6 Å². The van der Waals surface area contributed by atoms with E-state index in [4.69, 9.17) is 21.4 Å². The van der Waals surface area contributed by atoms with Gasteiger partial charge in [-0.25, -0.2) is 13.8 Å². The van der Waals surface area contributed by atoms with Crippen LogP contribution in [0.5, 0.6) is 0 Å². The van der Waals surface area contributed by atoms with E-state index in [9.17, 15) is 14.0 Å². The SMILES string of the molecule is C=CN=C1C=C(Cl)C=C/C1=C\c1c(C)nc2c(C#N)c(C(F)F)nn2c1N1CC(OCCO)C1. The molecule has 3 heterocycles. The highest BCUT2D eigenvalue weighted by atomic mass is 35.5. The van der Waals surface area contributed by atoms with Crippen LogP contribution in [0.15, 0.2) is 46.6 Å². The fourth-order valence-corrected chi connectivity index (χ4v) is 4.01. The number of alkyl halides is 2. The van der Waals surface area contributed by atoms with Gasteiger partial charge in [0.2, 0.25) is 0 Å². The van der Waals surface area contributed by atoms with Gasteiger partial charge in [0.05, 0.1) is 30.7 Å². The number of nitriles is 1. The number of allylic oxidation sites excluding steroid dienone is 5. The lowest BCUT2D eigenvalue weighted by Gasteiger charge is -2.41. The van der Waals surface area contributed by atoms with Crippen molar-refractivity contribution in [2.45, 2.75) is 19.5 Å². The number of aliphatic imine (C=N–C) groups is 1. The van der Waals surface area contributed by atoms with Gasteiger partial charge in [-0.1, -0.05) is 24.3 Å². The van der Waals surface area contributed by atoms with E-state index >= 15 is 0 Å². The Kier molecular flexibility index (Phi) is 6.88. The van der Waals surface area contributed by atoms with Gasteiger partial charge in [-0.15, -0.1) is 0 Å². The number of nitrogens with zero attached hydrogens (tertiary/aromatic N) is 6. The summed E-state index contributed by atoms with van der Waals surface area (Å²) in [5.74, 6) is 0.509. The molecule has 0 amide bonds. The Balaban J connectivity index is 1.90. The van der Waals surface area contributed by atoms with Crippen LogP contribution in [0.3, 0.4) is 0 Å². The molecule has 0 spiro atoms. The van der Waals surface area contributed by atoms with Gasteiger partial charge in [0.25, 0.3) is 6.43 Å². The number of halogens is 3. The molecule has 2 aromatic heterocycles. The van der Waals surface area contributed by atoms with Crippen LogP contribution in [-0.2, 0) is 4.74 Å². The normalized spacial score (nSPS) is 18.6. The third-order valence-corrected chi connectivity index (χ3v) is 5.66. The van der Waals surface area contributed by atoms with Gasteiger partial charge in [0.15, 0.2) is 5.65 Å². The van der Waals surface area contributed by atoms with Crippen LogP contribution in [0, 0.1) is 18.3 Å². The smallest absolute Gasteiger partial charge is 0.283 e. The number of aliphatic hydroxyl groups is 1. The zero-order chi connectivity index (χ0) is 24.4. The van der Waals surface area contributed by atoms with Gasteiger partial charge >= 0.3 is 0 Å². The van der Waals surface area contributed by atoms with Gasteiger partial charge in [0, 0.05) is 35.5 Å². The number of aryl methyl sites for hydroxylation is 1. The minimum absolute atomic E-state index is 0.0642. The summed E-state index contributed by atoms with van der Waals surface area (Å²) in [5.41, 5.74) is 1.64. The Hall–Kier alpha value is -3.39. The second-order valence-electron chi connectivity index (χ2n) is 7.62. The molecule has 1 aliphatic carbocycles. The monoisotopic (exact) mass is 486 g/mol. The number of anilines is 1. The van der Waals surface area contributed by atoms with Gasteiger partial charge < -0.3 is 14.7 Å². The molecule has 4 rings (SSSR count). The maximum atomic E-state index is 13.7. The topological polar surface area (TPSA) is 99.0 Å². The molecule has 0 saturated carbocycles. The Labute approximate surface area is 199 Å². The Morgan fingerprint density at radius 1 is 1.44 bits per heavy atom. The highest BCUT2D eigenvalue weighted by Gasteiger charge is 2.34. The molecule has 1 aliphatic heterocycles. The van der Waals surface area contributed by atoms with Crippen LogP contribution in [0.1, 0.15) is 28.9 Å². The third-order valence-electron chi connectivity index (χ3n) is 5.43. The molecule has 0 unspecified atom stereocenters. The molecule has 0 radical (unpaired) electrons. The summed E-state index contributed by atoms with van der Waals surface area (Å²) >= 11 is 6.13. The maximum absolute atomic E-state index is 13.7. The van der Waals surface area contributed by atoms with Crippen LogP contribution in [0.2, 0.25) is 0 Å². The molecule has 0 aromatic carbocycles. The fraction of sp³-hybridized carbons (Fsp3) is 0.304. The van der Waals surface area contributed by atoms with Gasteiger partial charge in [-0.05, 0) is 25.2 Å². The van der Waals surface area contributed by atoms with Gasteiger partial charge in [-0.3, -0.25) is 4.99 Å². The van der Waals surface area contributed by atoms with Crippen molar-refractivity contribution in [3.05, 3.63) is 64.1 Å². The highest BCUT2D eigenvalue weighted by molar-refractivity contribution is 6.35. The van der Waals surface area contributed by atoms with Crippen molar-refractivity contribution < 1.29 is 18.6 Å². The first-order valence-electron chi connectivity index (χ1n) is 10.4. The number of hydrogen-bond acceptors (Lipinski definition) is 7. The molecule has 2 aliphatic rings. The fourth-order valence-electron chi connectivity index (χ4n) is 3.85. The van der Waals surface area contributed by atoms with Crippen LogP contribution in [0.4, 0.5) is 14.6 Å². The number of aliphatic hydroxyl groups excluding tert-OH is 1. The van der Waals surface area contributed by atoms with Gasteiger partial charge in [0.1, 0.15) is 23.1 Å². The second-order valence-corrected chi connectivity index (χ2v) is 8.06. The van der Waals surface area contributed by atoms with E-state index in [0.29, 0.717) is 46.5 Å². The summed E-state index contributed by atoms with van der Waals surface area (Å²) in [5, 5.41) is 23.1. The largest absolute Gasteiger partial charge is 0.394 e. The predicted molar refractivity (Wildman–Crippen MR) is 125 cm³/mol. The van der Waals surface area contributed by atoms with Crippen molar-refractivity contribution >= 4 is 34.9 Å². The Morgan fingerprint density at radius 3 is 2.85 bits per heavy atom. The zero-order valence-corrected chi connectivity index (χ0v) is 19.0. The predicted octanol–water partition coefficient (Wildman–Crippen LogP) is 3.70. The summed E-state index contributed by atoms with van der Waals surface area (Å²) in [6, 6.07) is 1.82. The molecule has 2 aromatic rings. The van der Waals surface area contributed by atoms with Crippen LogP contribution < -0.4 is 4.90 Å². The number of fused-ring (bicyclic) bond motifs is 1. The van der Waals surface area contributed by atoms with E-state index in [1.165, 1.54) is 10.7 Å². The number of ether oxygens (including phenoxy) is 1. The minimum atomic E-state index is -2.93. The number of aromatic nitrogens is 3. The molecule has 0 atom stereocenters. The van der Waals surface area contributed by atoms with E-state index < -0.39 is 12.1 Å². The molecule has 34 heavy (non-hydrogen) atoms. The summed E-state index contributed by atoms with van der Waals surface area (Å²) in [7, 11) is 0. The van der Waals surface area contributed by atoms with Crippen molar-refractivity contribution in [1.29, 1.82) is 5.26 Å². The van der Waals surface area contributed by atoms with Crippen molar-refractivity contribution in [1.82, 2.24) is 14.6 Å². The molecule has 1 saturated heterocycles. The molecule has 1 N–H and O–H groups in total. The van der Waals surface area contributed by atoms with Crippen molar-refractivity contribution in [3.8, 4) is 6.07 Å². The minimum Gasteiger partial charge on any atom is -0.394 e. The lowest BCUT2D eigenvalue weighted by atomic mass is 10.0. The molecule has 176 valence electrons. The first-order chi connectivity index (χ1) is 16.4. The van der Waals surface area contributed by atoms with Crippen LogP contribution in [-0.4, -0.2) is 57.8 Å². The quantitative estimate of drug-likeness (QED) is 0.640. The van der Waals surface area contributed by atoms with E-state index in [2.05, 4.69) is 21.7 Å². The van der Waals surface area contributed by atoms with Crippen molar-refractivity contribution in [2.24, 2.45) is 4.99 Å². The summed E-state index contributed by atoms with van der Waals surface area (Å²) < 4.78 is 34.2. The highest BCUT2D eigenvalue weighted by Crippen LogP contribution is 2.34. The second kappa shape index (κ2) is 9.85. The van der Waals surface area contributed by atoms with Crippen LogP contribution in [0.25, 0.3) is 11.7 Å². The van der Waals surface area contributed by atoms with E-state index in [1.807, 2.05) is 17.0 Å². The van der Waals surface area contributed by atoms with E-state index in [1.54, 1.807) is 25.2 Å². The first kappa shape index (κ1) is 23.8. The molecule has 1 fully saturated rings. The third kappa shape index (κ3) is 4.37. The zero-order valence-electron chi connectivity index (χ0n) is 18.2. The van der Waals surface area contributed by atoms with E-state index in [-0.39, 0.29) is 30.5 Å². The molecule has 0 bridgehead atoms. The number of hydrogen-bond donors (Lipinski definition) is 1.